The summed E-state index contributed by atoms with van der Waals surface area (Å²) in [6.07, 6.45) is 0.867. The van der Waals surface area contributed by atoms with Gasteiger partial charge in [0.25, 0.3) is 11.8 Å². The van der Waals surface area contributed by atoms with E-state index in [1.165, 1.54) is 0 Å². The molecule has 2 N–H and O–H groups in total. The van der Waals surface area contributed by atoms with Crippen molar-refractivity contribution in [2.24, 2.45) is 0 Å². The average Bonchev–Trinajstić information content (AvgIpc) is 3.28. The van der Waals surface area contributed by atoms with Crippen LogP contribution < -0.4 is 15.4 Å². The summed E-state index contributed by atoms with van der Waals surface area (Å²) in [5, 5.41) is 6.77. The van der Waals surface area contributed by atoms with Gasteiger partial charge in [-0.15, -0.1) is 0 Å². The minimum absolute atomic E-state index is 0.222. The minimum atomic E-state index is -0.230. The Morgan fingerprint density at radius 2 is 1.64 bits per heavy atom. The number of nitrogens with one attached hydrogen (secondary N) is 2. The van der Waals surface area contributed by atoms with Gasteiger partial charge in [-0.25, -0.2) is 0 Å². The number of anilines is 2. The van der Waals surface area contributed by atoms with E-state index in [9.17, 15) is 9.59 Å². The highest BCUT2D eigenvalue weighted by atomic mass is 16.5. The lowest BCUT2D eigenvalue weighted by atomic mass is 10.1. The van der Waals surface area contributed by atoms with Crippen molar-refractivity contribution in [3.05, 3.63) is 94.7 Å². The van der Waals surface area contributed by atoms with Gasteiger partial charge in [0, 0.05) is 40.0 Å². The van der Waals surface area contributed by atoms with Gasteiger partial charge in [0.1, 0.15) is 5.75 Å². The van der Waals surface area contributed by atoms with Crippen molar-refractivity contribution in [3.63, 3.8) is 0 Å². The van der Waals surface area contributed by atoms with Crippen LogP contribution in [0.15, 0.2) is 66.7 Å². The van der Waals surface area contributed by atoms with E-state index < -0.39 is 0 Å². The molecule has 164 valence electrons. The summed E-state index contributed by atoms with van der Waals surface area (Å²) in [7, 11) is 0. The predicted octanol–water partition coefficient (Wildman–Crippen LogP) is 5.29. The van der Waals surface area contributed by atoms with Gasteiger partial charge >= 0.3 is 0 Å². The Hall–Kier alpha value is -4.19. The Morgan fingerprint density at radius 3 is 2.52 bits per heavy atom. The number of carbonyl (C=O) groups is 2. The standard InChI is InChI=1S/C27H23N3O3/c1-16-3-9-22(29-26(31)21-7-6-18-11-12-33-25(18)14-21)15-24(16)30-27(32)20-8-10-23-19(13-20)5-4-17(2)28-23/h3-10,13-15H,11-12H2,1-2H3,(H,29,31)(H,30,32). The van der Waals surface area contributed by atoms with Crippen LogP contribution in [-0.2, 0) is 6.42 Å². The molecule has 0 unspecified atom stereocenters. The van der Waals surface area contributed by atoms with Crippen LogP contribution in [0.5, 0.6) is 5.75 Å². The molecule has 33 heavy (non-hydrogen) atoms. The van der Waals surface area contributed by atoms with E-state index in [-0.39, 0.29) is 11.8 Å². The molecule has 0 saturated heterocycles. The zero-order chi connectivity index (χ0) is 22.9. The van der Waals surface area contributed by atoms with E-state index in [0.717, 1.165) is 39.9 Å². The number of hydrogen-bond acceptors (Lipinski definition) is 4. The third-order valence-corrected chi connectivity index (χ3v) is 5.79. The number of nitrogens with zero attached hydrogens (tertiary/aromatic N) is 1. The fraction of sp³-hybridized carbons (Fsp3) is 0.148. The third-order valence-electron chi connectivity index (χ3n) is 5.79. The molecule has 0 atom stereocenters. The Labute approximate surface area is 191 Å². The number of ether oxygens (including phenoxy) is 1. The Bertz CT molecular complexity index is 1410. The molecule has 2 amide bonds. The molecule has 0 saturated carbocycles. The summed E-state index contributed by atoms with van der Waals surface area (Å²) >= 11 is 0. The highest BCUT2D eigenvalue weighted by molar-refractivity contribution is 6.08. The summed E-state index contributed by atoms with van der Waals surface area (Å²) < 4.78 is 5.56. The summed E-state index contributed by atoms with van der Waals surface area (Å²) in [6.45, 7) is 4.49. The van der Waals surface area contributed by atoms with Gasteiger partial charge in [0.05, 0.1) is 12.1 Å². The van der Waals surface area contributed by atoms with E-state index >= 15 is 0 Å². The second-order valence-electron chi connectivity index (χ2n) is 8.22. The van der Waals surface area contributed by atoms with E-state index in [1.807, 2.05) is 56.3 Å². The molecule has 6 nitrogen and oxygen atoms in total. The molecule has 0 radical (unpaired) electrons. The van der Waals surface area contributed by atoms with Gasteiger partial charge in [-0.1, -0.05) is 18.2 Å². The number of benzene rings is 3. The number of rotatable bonds is 4. The lowest BCUT2D eigenvalue weighted by Gasteiger charge is -2.12. The highest BCUT2D eigenvalue weighted by Crippen LogP contribution is 2.27. The van der Waals surface area contributed by atoms with Crippen molar-refractivity contribution >= 4 is 34.1 Å². The van der Waals surface area contributed by atoms with Crippen LogP contribution in [0.2, 0.25) is 0 Å². The van der Waals surface area contributed by atoms with E-state index in [2.05, 4.69) is 15.6 Å². The van der Waals surface area contributed by atoms with Gasteiger partial charge < -0.3 is 15.4 Å². The maximum Gasteiger partial charge on any atom is 0.255 e. The topological polar surface area (TPSA) is 80.3 Å². The normalized spacial score (nSPS) is 12.2. The molecule has 3 aromatic carbocycles. The largest absolute Gasteiger partial charge is 0.493 e. The zero-order valence-corrected chi connectivity index (χ0v) is 18.4. The zero-order valence-electron chi connectivity index (χ0n) is 18.4. The molecule has 4 aromatic rings. The molecule has 0 bridgehead atoms. The van der Waals surface area contributed by atoms with E-state index in [1.54, 1.807) is 24.3 Å². The highest BCUT2D eigenvalue weighted by Gasteiger charge is 2.16. The van der Waals surface area contributed by atoms with Crippen molar-refractivity contribution < 1.29 is 14.3 Å². The third kappa shape index (κ3) is 4.28. The lowest BCUT2D eigenvalue weighted by molar-refractivity contribution is 0.101. The number of aromatic nitrogens is 1. The predicted molar refractivity (Wildman–Crippen MR) is 129 cm³/mol. The van der Waals surface area contributed by atoms with Gasteiger partial charge in [0.15, 0.2) is 0 Å². The second kappa shape index (κ2) is 8.39. The Kier molecular flexibility index (Phi) is 5.26. The van der Waals surface area contributed by atoms with Gasteiger partial charge in [-0.3, -0.25) is 14.6 Å². The summed E-state index contributed by atoms with van der Waals surface area (Å²) in [6, 6.07) is 20.3. The summed E-state index contributed by atoms with van der Waals surface area (Å²) in [5.74, 6) is 0.312. The van der Waals surface area contributed by atoms with Crippen LogP contribution >= 0.6 is 0 Å². The lowest BCUT2D eigenvalue weighted by Crippen LogP contribution is -2.15. The van der Waals surface area contributed by atoms with Crippen LogP contribution in [0, 0.1) is 13.8 Å². The summed E-state index contributed by atoms with van der Waals surface area (Å²) in [4.78, 5) is 30.1. The molecule has 0 spiro atoms. The molecule has 1 aliphatic heterocycles. The monoisotopic (exact) mass is 437 g/mol. The van der Waals surface area contributed by atoms with Crippen molar-refractivity contribution in [1.29, 1.82) is 0 Å². The van der Waals surface area contributed by atoms with Crippen molar-refractivity contribution in [3.8, 4) is 5.75 Å². The first-order chi connectivity index (χ1) is 16.0. The van der Waals surface area contributed by atoms with E-state index in [4.69, 9.17) is 4.74 Å². The maximum atomic E-state index is 12.9. The van der Waals surface area contributed by atoms with Crippen molar-refractivity contribution in [2.75, 3.05) is 17.2 Å². The Morgan fingerprint density at radius 1 is 0.848 bits per heavy atom. The molecule has 1 aromatic heterocycles. The fourth-order valence-electron chi connectivity index (χ4n) is 3.91. The quantitative estimate of drug-likeness (QED) is 0.455. The van der Waals surface area contributed by atoms with Crippen molar-refractivity contribution in [1.82, 2.24) is 4.98 Å². The smallest absolute Gasteiger partial charge is 0.255 e. The SMILES string of the molecule is Cc1ccc2cc(C(=O)Nc3cc(NC(=O)c4ccc5c(c4)OCC5)ccc3C)ccc2n1. The van der Waals surface area contributed by atoms with Gasteiger partial charge in [-0.2, -0.15) is 0 Å². The average molecular weight is 437 g/mol. The molecular formula is C27H23N3O3. The first-order valence-corrected chi connectivity index (χ1v) is 10.8. The van der Waals surface area contributed by atoms with Crippen LogP contribution in [0.25, 0.3) is 10.9 Å². The van der Waals surface area contributed by atoms with Crippen LogP contribution in [0.4, 0.5) is 11.4 Å². The number of fused-ring (bicyclic) bond motifs is 2. The number of aryl methyl sites for hydroxylation is 2. The first kappa shape index (κ1) is 20.7. The summed E-state index contributed by atoms with van der Waals surface area (Å²) in [5.41, 5.74) is 6.10. The molecule has 0 aliphatic carbocycles. The Balaban J connectivity index is 1.33. The number of hydrogen-bond donors (Lipinski definition) is 2. The first-order valence-electron chi connectivity index (χ1n) is 10.8. The number of pyridine rings is 1. The van der Waals surface area contributed by atoms with Crippen molar-refractivity contribution in [2.45, 2.75) is 20.3 Å². The van der Waals surface area contributed by atoms with Gasteiger partial charge in [-0.05, 0) is 73.5 Å². The number of carbonyl (C=O) groups excluding carboxylic acids is 2. The second-order valence-corrected chi connectivity index (χ2v) is 8.22. The van der Waals surface area contributed by atoms with Gasteiger partial charge in [0.2, 0.25) is 0 Å². The molecule has 6 heteroatoms. The van der Waals surface area contributed by atoms with E-state index in [0.29, 0.717) is 29.1 Å². The number of amides is 2. The molecular weight excluding hydrogens is 414 g/mol. The van der Waals surface area contributed by atoms with Crippen LogP contribution in [0.1, 0.15) is 37.5 Å². The van der Waals surface area contributed by atoms with Crippen LogP contribution in [0.3, 0.4) is 0 Å². The minimum Gasteiger partial charge on any atom is -0.493 e. The molecule has 1 aliphatic rings. The fourth-order valence-corrected chi connectivity index (χ4v) is 3.91. The molecule has 5 rings (SSSR count). The molecule has 0 fully saturated rings. The molecule has 2 heterocycles. The maximum absolute atomic E-state index is 12.9. The van der Waals surface area contributed by atoms with Crippen LogP contribution in [-0.4, -0.2) is 23.4 Å².